The highest BCUT2D eigenvalue weighted by Gasteiger charge is 2.59. The lowest BCUT2D eigenvalue weighted by Crippen LogP contribution is -2.51. The van der Waals surface area contributed by atoms with E-state index in [1.807, 2.05) is 24.3 Å². The molecular formula is C46H66O4. The molecule has 0 aliphatic heterocycles. The highest BCUT2D eigenvalue weighted by atomic mass is 16.5. The molecule has 5 aliphatic rings. The summed E-state index contributed by atoms with van der Waals surface area (Å²) in [6.45, 7) is 12.5. The molecule has 3 saturated carbocycles. The molecule has 6 rings (SSSR count). The Hall–Kier alpha value is -2.62. The van der Waals surface area contributed by atoms with E-state index in [-0.39, 0.29) is 23.5 Å². The Morgan fingerprint density at radius 1 is 0.800 bits per heavy atom. The van der Waals surface area contributed by atoms with E-state index in [9.17, 15) is 9.59 Å². The molecule has 0 amide bonds. The molecule has 0 saturated heterocycles. The smallest absolute Gasteiger partial charge is 0.311 e. The van der Waals surface area contributed by atoms with Crippen molar-refractivity contribution in [1.29, 1.82) is 0 Å². The van der Waals surface area contributed by atoms with E-state index in [0.29, 0.717) is 29.9 Å². The Morgan fingerprint density at radius 3 is 2.24 bits per heavy atom. The number of rotatable bonds is 15. The predicted octanol–water partition coefficient (Wildman–Crippen LogP) is 12.1. The zero-order valence-electron chi connectivity index (χ0n) is 32.0. The Labute approximate surface area is 303 Å². The summed E-state index contributed by atoms with van der Waals surface area (Å²) in [5.41, 5.74) is 3.59. The lowest BCUT2D eigenvalue weighted by atomic mass is 9.47. The van der Waals surface area contributed by atoms with Gasteiger partial charge >= 0.3 is 11.9 Å². The summed E-state index contributed by atoms with van der Waals surface area (Å²) < 4.78 is 11.6. The SMILES string of the molecule is CC(C)CCC[C@@H](C)[C@H]1CC[C@H]2[C@@H]3CC=C4CC(OC(=O)CCCCCCC(=O)Oc5ccc(C6C=CC=C6)cc5)CC[C@]4(C)[C@H]3CC[C@]12C. The normalized spacial score (nSPS) is 32.3. The highest BCUT2D eigenvalue weighted by Crippen LogP contribution is 2.67. The number of hydrogen-bond acceptors (Lipinski definition) is 4. The molecule has 1 aromatic carbocycles. The molecule has 0 aromatic heterocycles. The number of esters is 2. The van der Waals surface area contributed by atoms with Crippen LogP contribution in [0.25, 0.3) is 0 Å². The van der Waals surface area contributed by atoms with Crippen LogP contribution in [0.15, 0.2) is 60.2 Å². The van der Waals surface area contributed by atoms with Crippen molar-refractivity contribution in [3.8, 4) is 5.75 Å². The first kappa shape index (κ1) is 37.1. The van der Waals surface area contributed by atoms with Gasteiger partial charge in [-0.25, -0.2) is 0 Å². The predicted molar refractivity (Wildman–Crippen MR) is 204 cm³/mol. The van der Waals surface area contributed by atoms with Gasteiger partial charge in [-0.15, -0.1) is 0 Å². The van der Waals surface area contributed by atoms with Gasteiger partial charge in [0.25, 0.3) is 0 Å². The molecule has 0 radical (unpaired) electrons. The molecule has 1 unspecified atom stereocenters. The van der Waals surface area contributed by atoms with E-state index in [4.69, 9.17) is 9.47 Å². The summed E-state index contributed by atoms with van der Waals surface area (Å²) in [5.74, 6) is 5.74. The molecule has 0 spiro atoms. The molecule has 3 fully saturated rings. The molecule has 8 atom stereocenters. The molecule has 0 N–H and O–H groups in total. The fourth-order valence-corrected chi connectivity index (χ4v) is 11.5. The van der Waals surface area contributed by atoms with Gasteiger partial charge in [0.05, 0.1) is 0 Å². The lowest BCUT2D eigenvalue weighted by Gasteiger charge is -2.58. The number of allylic oxidation sites excluding steroid dienone is 5. The zero-order chi connectivity index (χ0) is 35.3. The van der Waals surface area contributed by atoms with E-state index in [0.717, 1.165) is 80.5 Å². The van der Waals surface area contributed by atoms with Crippen LogP contribution in [0.2, 0.25) is 0 Å². The van der Waals surface area contributed by atoms with Gasteiger partial charge < -0.3 is 9.47 Å². The third-order valence-corrected chi connectivity index (χ3v) is 14.3. The molecular weight excluding hydrogens is 617 g/mol. The topological polar surface area (TPSA) is 52.6 Å². The van der Waals surface area contributed by atoms with Crippen molar-refractivity contribution in [3.63, 3.8) is 0 Å². The minimum Gasteiger partial charge on any atom is -0.462 e. The van der Waals surface area contributed by atoms with Gasteiger partial charge in [0.2, 0.25) is 0 Å². The summed E-state index contributed by atoms with van der Waals surface area (Å²) in [5, 5.41) is 0. The largest absolute Gasteiger partial charge is 0.462 e. The minimum absolute atomic E-state index is 0.0321. The molecule has 1 aromatic rings. The van der Waals surface area contributed by atoms with Crippen molar-refractivity contribution < 1.29 is 19.1 Å². The average molecular weight is 683 g/mol. The number of carbonyl (C=O) groups excluding carboxylic acids is 2. The maximum atomic E-state index is 12.9. The summed E-state index contributed by atoms with van der Waals surface area (Å²) in [4.78, 5) is 25.2. The Balaban J connectivity index is 0.890. The van der Waals surface area contributed by atoms with E-state index < -0.39 is 0 Å². The minimum atomic E-state index is -0.192. The van der Waals surface area contributed by atoms with E-state index >= 15 is 0 Å². The summed E-state index contributed by atoms with van der Waals surface area (Å²) in [6.07, 6.45) is 29.5. The van der Waals surface area contributed by atoms with Gasteiger partial charge in [0, 0.05) is 25.2 Å². The number of hydrogen-bond donors (Lipinski definition) is 0. The van der Waals surface area contributed by atoms with E-state index in [1.54, 1.807) is 5.57 Å². The van der Waals surface area contributed by atoms with Crippen molar-refractivity contribution in [3.05, 3.63) is 65.8 Å². The van der Waals surface area contributed by atoms with Crippen molar-refractivity contribution in [1.82, 2.24) is 0 Å². The van der Waals surface area contributed by atoms with Crippen LogP contribution in [-0.4, -0.2) is 18.0 Å². The number of benzene rings is 1. The van der Waals surface area contributed by atoms with Gasteiger partial charge in [-0.3, -0.25) is 9.59 Å². The second-order valence-electron chi connectivity index (χ2n) is 17.9. The fraction of sp³-hybridized carbons (Fsp3) is 0.696. The first-order valence-electron chi connectivity index (χ1n) is 20.6. The van der Waals surface area contributed by atoms with Gasteiger partial charge in [-0.2, -0.15) is 0 Å². The van der Waals surface area contributed by atoms with Crippen LogP contribution in [0.3, 0.4) is 0 Å². The van der Waals surface area contributed by atoms with Crippen molar-refractivity contribution in [2.24, 2.45) is 46.3 Å². The zero-order valence-corrected chi connectivity index (χ0v) is 32.0. The number of fused-ring (bicyclic) bond motifs is 5. The second-order valence-corrected chi connectivity index (χ2v) is 17.9. The van der Waals surface area contributed by atoms with Crippen LogP contribution in [0.4, 0.5) is 0 Å². The Bertz CT molecular complexity index is 1390. The summed E-state index contributed by atoms with van der Waals surface area (Å²) in [7, 11) is 0. The van der Waals surface area contributed by atoms with Crippen LogP contribution in [-0.2, 0) is 14.3 Å². The van der Waals surface area contributed by atoms with Crippen LogP contribution in [0.1, 0.15) is 155 Å². The van der Waals surface area contributed by atoms with Gasteiger partial charge in [0.1, 0.15) is 11.9 Å². The van der Waals surface area contributed by atoms with Gasteiger partial charge in [0.15, 0.2) is 0 Å². The molecule has 274 valence electrons. The van der Waals surface area contributed by atoms with Crippen LogP contribution >= 0.6 is 0 Å². The van der Waals surface area contributed by atoms with Gasteiger partial charge in [-0.1, -0.05) is 115 Å². The lowest BCUT2D eigenvalue weighted by molar-refractivity contribution is -0.151. The molecule has 0 heterocycles. The third kappa shape index (κ3) is 8.36. The first-order chi connectivity index (χ1) is 24.1. The van der Waals surface area contributed by atoms with E-state index in [2.05, 4.69) is 65.0 Å². The first-order valence-corrected chi connectivity index (χ1v) is 20.6. The quantitative estimate of drug-likeness (QED) is 0.0799. The molecule has 5 aliphatic carbocycles. The van der Waals surface area contributed by atoms with E-state index in [1.165, 1.54) is 56.9 Å². The monoisotopic (exact) mass is 682 g/mol. The van der Waals surface area contributed by atoms with Crippen LogP contribution in [0.5, 0.6) is 5.75 Å². The molecule has 0 bridgehead atoms. The Kier molecular flexibility index (Phi) is 12.2. The summed E-state index contributed by atoms with van der Waals surface area (Å²) >= 11 is 0. The Morgan fingerprint density at radius 2 is 1.52 bits per heavy atom. The maximum absolute atomic E-state index is 12.9. The molecule has 4 nitrogen and oxygen atoms in total. The molecule has 50 heavy (non-hydrogen) atoms. The average Bonchev–Trinajstić information content (AvgIpc) is 3.75. The summed E-state index contributed by atoms with van der Waals surface area (Å²) in [6, 6.07) is 7.79. The fourth-order valence-electron chi connectivity index (χ4n) is 11.5. The number of unbranched alkanes of at least 4 members (excludes halogenated alkanes) is 3. The van der Waals surface area contributed by atoms with Crippen molar-refractivity contribution >= 4 is 11.9 Å². The third-order valence-electron chi connectivity index (χ3n) is 14.3. The standard InChI is InChI=1S/C46H66O4/c1-32(2)13-12-14-33(3)40-25-26-41-39-24-21-36-31-38(27-29-45(36,4)42(39)28-30-46(40,41)5)50-44(48)18-9-7-6-8-17-43(47)49-37-22-19-35(20-23-37)34-15-10-11-16-34/h10-11,15-16,19-23,32-34,38-42H,6-9,12-14,17-18,24-31H2,1-5H3/t33-,38?,39+,40-,41+,42+,45+,46-/m1/s1. The number of ether oxygens (including phenoxy) is 2. The molecule has 4 heteroatoms. The second kappa shape index (κ2) is 16.4. The van der Waals surface area contributed by atoms with Crippen LogP contribution in [0, 0.1) is 46.3 Å². The number of carbonyl (C=O) groups is 2. The van der Waals surface area contributed by atoms with Crippen molar-refractivity contribution in [2.75, 3.05) is 0 Å². The van der Waals surface area contributed by atoms with Gasteiger partial charge in [-0.05, 0) is 122 Å². The van der Waals surface area contributed by atoms with Crippen LogP contribution < -0.4 is 4.74 Å². The van der Waals surface area contributed by atoms with Crippen molar-refractivity contribution in [2.45, 2.75) is 156 Å². The highest BCUT2D eigenvalue weighted by molar-refractivity contribution is 5.72. The maximum Gasteiger partial charge on any atom is 0.311 e.